The van der Waals surface area contributed by atoms with Gasteiger partial charge in [-0.3, -0.25) is 14.7 Å². The molecule has 0 radical (unpaired) electrons. The molecule has 0 aliphatic heterocycles. The van der Waals surface area contributed by atoms with Gasteiger partial charge >= 0.3 is 6.09 Å². The van der Waals surface area contributed by atoms with Gasteiger partial charge in [0.15, 0.2) is 5.82 Å². The van der Waals surface area contributed by atoms with Gasteiger partial charge in [-0.15, -0.1) is 5.10 Å². The van der Waals surface area contributed by atoms with Crippen LogP contribution in [0.3, 0.4) is 0 Å². The molecule has 0 spiro atoms. The third-order valence-electron chi connectivity index (χ3n) is 3.56. The molecular weight excluding hydrogens is 312 g/mol. The quantitative estimate of drug-likeness (QED) is 0.706. The van der Waals surface area contributed by atoms with E-state index in [1.165, 1.54) is 18.0 Å². The number of carbonyl (C=O) groups excluding carboxylic acids is 2. The predicted octanol–water partition coefficient (Wildman–Crippen LogP) is 1.64. The number of methoxy groups -OCH3 is 1. The monoisotopic (exact) mass is 328 g/mol. The number of benzene rings is 1. The number of ether oxygens (including phenoxy) is 1. The van der Waals surface area contributed by atoms with Crippen LogP contribution in [0, 0.1) is 6.92 Å². The fourth-order valence-corrected chi connectivity index (χ4v) is 2.51. The van der Waals surface area contributed by atoms with Crippen LogP contribution in [0.4, 0.5) is 16.3 Å². The first-order valence-electron chi connectivity index (χ1n) is 7.14. The van der Waals surface area contributed by atoms with Gasteiger partial charge in [0.2, 0.25) is 0 Å². The molecule has 0 aliphatic carbocycles. The Hall–Kier alpha value is -3.36. The van der Waals surface area contributed by atoms with Gasteiger partial charge in [-0.1, -0.05) is 11.3 Å². The highest BCUT2D eigenvalue weighted by molar-refractivity contribution is 5.99. The Morgan fingerprint density at radius 3 is 2.92 bits per heavy atom. The fraction of sp³-hybridized carbons (Fsp3) is 0.200. The molecule has 0 saturated heterocycles. The van der Waals surface area contributed by atoms with Crippen LogP contribution in [-0.2, 0) is 11.3 Å². The van der Waals surface area contributed by atoms with E-state index in [1.54, 1.807) is 16.7 Å². The van der Waals surface area contributed by atoms with Crippen LogP contribution in [0.2, 0.25) is 0 Å². The second kappa shape index (κ2) is 6.03. The van der Waals surface area contributed by atoms with Gasteiger partial charge in [-0.25, -0.2) is 9.48 Å². The standard InChI is InChI=1S/C15H16N6O3/c1-9-6-10-11(16)4-3-5-12(10)21(9)14(22)8-20-7-13(18-19-20)17-15(23)24-2/h3-7H,8,16H2,1-2H3,(H,17,23). The minimum atomic E-state index is -0.656. The summed E-state index contributed by atoms with van der Waals surface area (Å²) >= 11 is 0. The van der Waals surface area contributed by atoms with Crippen LogP contribution in [0.15, 0.2) is 30.5 Å². The number of nitrogens with two attached hydrogens (primary N) is 1. The van der Waals surface area contributed by atoms with Crippen molar-refractivity contribution in [1.82, 2.24) is 19.6 Å². The lowest BCUT2D eigenvalue weighted by Gasteiger charge is -2.07. The van der Waals surface area contributed by atoms with Crippen molar-refractivity contribution in [1.29, 1.82) is 0 Å². The minimum absolute atomic E-state index is 0.0325. The third kappa shape index (κ3) is 2.78. The van der Waals surface area contributed by atoms with Crippen molar-refractivity contribution >= 4 is 34.4 Å². The van der Waals surface area contributed by atoms with Crippen molar-refractivity contribution in [2.45, 2.75) is 13.5 Å². The first kappa shape index (κ1) is 15.5. The summed E-state index contributed by atoms with van der Waals surface area (Å²) in [6.45, 7) is 1.80. The molecule has 0 unspecified atom stereocenters. The number of carbonyl (C=O) groups is 2. The van der Waals surface area contributed by atoms with E-state index in [-0.39, 0.29) is 18.3 Å². The van der Waals surface area contributed by atoms with Gasteiger partial charge in [0.05, 0.1) is 18.8 Å². The summed E-state index contributed by atoms with van der Waals surface area (Å²) in [4.78, 5) is 23.8. The highest BCUT2D eigenvalue weighted by Gasteiger charge is 2.15. The number of hydrogen-bond donors (Lipinski definition) is 2. The highest BCUT2D eigenvalue weighted by Crippen LogP contribution is 2.24. The van der Waals surface area contributed by atoms with Crippen LogP contribution in [0.5, 0.6) is 0 Å². The van der Waals surface area contributed by atoms with Gasteiger partial charge in [0.25, 0.3) is 5.91 Å². The number of fused-ring (bicyclic) bond motifs is 1. The Bertz CT molecular complexity index is 927. The smallest absolute Gasteiger partial charge is 0.412 e. The second-order valence-corrected chi connectivity index (χ2v) is 5.21. The third-order valence-corrected chi connectivity index (χ3v) is 3.56. The molecule has 0 aliphatic rings. The fourth-order valence-electron chi connectivity index (χ4n) is 2.51. The molecular formula is C15H16N6O3. The molecule has 24 heavy (non-hydrogen) atoms. The van der Waals surface area contributed by atoms with Crippen molar-refractivity contribution in [2.75, 3.05) is 18.2 Å². The van der Waals surface area contributed by atoms with Gasteiger partial charge in [0.1, 0.15) is 6.54 Å². The van der Waals surface area contributed by atoms with E-state index in [0.717, 1.165) is 16.6 Å². The number of rotatable bonds is 3. The van der Waals surface area contributed by atoms with Crippen molar-refractivity contribution in [3.63, 3.8) is 0 Å². The molecule has 124 valence electrons. The largest absolute Gasteiger partial charge is 0.453 e. The summed E-state index contributed by atoms with van der Waals surface area (Å²) < 4.78 is 7.39. The number of nitrogen functional groups attached to an aromatic ring is 1. The van der Waals surface area contributed by atoms with Crippen LogP contribution in [0.1, 0.15) is 10.5 Å². The molecule has 9 nitrogen and oxygen atoms in total. The minimum Gasteiger partial charge on any atom is -0.453 e. The Kier molecular flexibility index (Phi) is 3.90. The molecule has 2 heterocycles. The van der Waals surface area contributed by atoms with E-state index in [9.17, 15) is 9.59 Å². The van der Waals surface area contributed by atoms with E-state index in [4.69, 9.17) is 5.73 Å². The summed E-state index contributed by atoms with van der Waals surface area (Å²) in [7, 11) is 1.24. The number of anilines is 2. The van der Waals surface area contributed by atoms with Crippen LogP contribution < -0.4 is 11.1 Å². The van der Waals surface area contributed by atoms with Crippen molar-refractivity contribution in [3.05, 3.63) is 36.2 Å². The molecule has 3 aromatic rings. The first-order valence-corrected chi connectivity index (χ1v) is 7.14. The maximum absolute atomic E-state index is 12.6. The number of nitrogens with one attached hydrogen (secondary N) is 1. The zero-order valence-corrected chi connectivity index (χ0v) is 13.2. The van der Waals surface area contributed by atoms with Crippen molar-refractivity contribution in [2.24, 2.45) is 0 Å². The SMILES string of the molecule is COC(=O)Nc1cn(CC(=O)n2c(C)cc3c(N)cccc32)nn1. The van der Waals surface area contributed by atoms with Crippen LogP contribution in [-0.4, -0.2) is 38.7 Å². The lowest BCUT2D eigenvalue weighted by atomic mass is 10.2. The Labute approximate surface area is 137 Å². The molecule has 1 aromatic carbocycles. The van der Waals surface area contributed by atoms with E-state index in [0.29, 0.717) is 5.69 Å². The molecule has 0 atom stereocenters. The normalized spacial score (nSPS) is 10.8. The predicted molar refractivity (Wildman–Crippen MR) is 87.8 cm³/mol. The molecule has 3 rings (SSSR count). The van der Waals surface area contributed by atoms with Gasteiger partial charge < -0.3 is 10.5 Å². The summed E-state index contributed by atoms with van der Waals surface area (Å²) in [6.07, 6.45) is 0.792. The zero-order valence-electron chi connectivity index (χ0n) is 13.2. The number of nitrogens with zero attached hydrogens (tertiary/aromatic N) is 4. The van der Waals surface area contributed by atoms with Crippen molar-refractivity contribution < 1.29 is 14.3 Å². The van der Waals surface area contributed by atoms with Gasteiger partial charge in [0, 0.05) is 16.8 Å². The second-order valence-electron chi connectivity index (χ2n) is 5.21. The lowest BCUT2D eigenvalue weighted by Crippen LogP contribution is -2.19. The maximum Gasteiger partial charge on any atom is 0.412 e. The van der Waals surface area contributed by atoms with Crippen molar-refractivity contribution in [3.8, 4) is 0 Å². The molecule has 0 bridgehead atoms. The zero-order chi connectivity index (χ0) is 17.3. The number of amides is 1. The number of aromatic nitrogens is 4. The van der Waals surface area contributed by atoms with Crippen LogP contribution in [0.25, 0.3) is 10.9 Å². The average Bonchev–Trinajstić information content (AvgIpc) is 3.11. The maximum atomic E-state index is 12.6. The van der Waals surface area contributed by atoms with Gasteiger partial charge in [-0.05, 0) is 25.1 Å². The molecule has 2 aromatic heterocycles. The Morgan fingerprint density at radius 2 is 2.17 bits per heavy atom. The average molecular weight is 328 g/mol. The van der Waals surface area contributed by atoms with Crippen LogP contribution >= 0.6 is 0 Å². The van der Waals surface area contributed by atoms with E-state index in [1.807, 2.05) is 19.1 Å². The molecule has 9 heteroatoms. The topological polar surface area (TPSA) is 117 Å². The Balaban J connectivity index is 1.84. The summed E-state index contributed by atoms with van der Waals surface area (Å²) in [6, 6.07) is 7.30. The summed E-state index contributed by atoms with van der Waals surface area (Å²) in [5, 5.41) is 10.8. The van der Waals surface area contributed by atoms with E-state index in [2.05, 4.69) is 20.4 Å². The van der Waals surface area contributed by atoms with Gasteiger partial charge in [-0.2, -0.15) is 0 Å². The lowest BCUT2D eigenvalue weighted by molar-refractivity contribution is 0.0889. The number of hydrogen-bond acceptors (Lipinski definition) is 6. The molecule has 1 amide bonds. The summed E-state index contributed by atoms with van der Waals surface area (Å²) in [5.41, 5.74) is 8.09. The molecule has 3 N–H and O–H groups in total. The highest BCUT2D eigenvalue weighted by atomic mass is 16.5. The summed E-state index contributed by atoms with van der Waals surface area (Å²) in [5.74, 6) is 0.00981. The first-order chi connectivity index (χ1) is 11.5. The Morgan fingerprint density at radius 1 is 1.38 bits per heavy atom. The molecule has 0 saturated carbocycles. The van der Waals surface area contributed by atoms with E-state index >= 15 is 0 Å². The number of aryl methyl sites for hydroxylation is 1. The van der Waals surface area contributed by atoms with E-state index < -0.39 is 6.09 Å². The molecule has 0 fully saturated rings.